The lowest BCUT2D eigenvalue weighted by Gasteiger charge is -2.20. The lowest BCUT2D eigenvalue weighted by molar-refractivity contribution is 0.0586. The van der Waals surface area contributed by atoms with E-state index in [0.29, 0.717) is 35.1 Å². The average molecular weight is 424 g/mol. The van der Waals surface area contributed by atoms with Crippen LogP contribution in [0.2, 0.25) is 0 Å². The highest BCUT2D eigenvalue weighted by molar-refractivity contribution is 5.93. The van der Waals surface area contributed by atoms with Gasteiger partial charge in [0.05, 0.1) is 6.54 Å². The van der Waals surface area contributed by atoms with Crippen molar-refractivity contribution in [2.75, 3.05) is 13.2 Å². The molecule has 8 nitrogen and oxygen atoms in total. The Bertz CT molecular complexity index is 1080. The number of nitrogens with one attached hydrogen (secondary N) is 1. The van der Waals surface area contributed by atoms with Gasteiger partial charge >= 0.3 is 0 Å². The summed E-state index contributed by atoms with van der Waals surface area (Å²) in [7, 11) is 0. The number of pyridine rings is 1. The number of aromatic nitrogens is 5. The van der Waals surface area contributed by atoms with Gasteiger partial charge in [-0.1, -0.05) is 12.1 Å². The number of carbonyl (C=O) groups excluding carboxylic acids is 1. The first-order valence-corrected chi connectivity index (χ1v) is 10.4. The number of aryl methyl sites for hydroxylation is 2. The lowest BCUT2D eigenvalue weighted by atomic mass is 10.0. The highest BCUT2D eigenvalue weighted by Crippen LogP contribution is 2.19. The molecular formula is C22H25FN6O2. The van der Waals surface area contributed by atoms with Crippen LogP contribution in [0.3, 0.4) is 0 Å². The number of nitrogens with zero attached hydrogens (tertiary/aromatic N) is 5. The molecule has 2 aromatic heterocycles. The molecule has 1 aliphatic heterocycles. The van der Waals surface area contributed by atoms with Crippen molar-refractivity contribution < 1.29 is 13.9 Å². The molecule has 1 amide bonds. The minimum atomic E-state index is -0.318. The predicted octanol–water partition coefficient (Wildman–Crippen LogP) is 2.85. The molecule has 1 aliphatic rings. The summed E-state index contributed by atoms with van der Waals surface area (Å²) in [6.45, 7) is 6.03. The summed E-state index contributed by atoms with van der Waals surface area (Å²) in [5.74, 6) is 0.353. The van der Waals surface area contributed by atoms with Gasteiger partial charge in [-0.2, -0.15) is 4.80 Å². The molecule has 1 fully saturated rings. The van der Waals surface area contributed by atoms with Crippen LogP contribution in [0.5, 0.6) is 0 Å². The molecule has 0 atom stereocenters. The fourth-order valence-corrected chi connectivity index (χ4v) is 3.60. The van der Waals surface area contributed by atoms with Crippen LogP contribution in [0.15, 0.2) is 30.3 Å². The Morgan fingerprint density at radius 3 is 2.81 bits per heavy atom. The normalized spacial score (nSPS) is 14.5. The van der Waals surface area contributed by atoms with Crippen LogP contribution < -0.4 is 5.32 Å². The van der Waals surface area contributed by atoms with E-state index in [-0.39, 0.29) is 24.0 Å². The fourth-order valence-electron chi connectivity index (χ4n) is 3.60. The van der Waals surface area contributed by atoms with E-state index in [1.54, 1.807) is 29.9 Å². The third-order valence-electron chi connectivity index (χ3n) is 5.33. The number of carbonyl (C=O) groups is 1. The largest absolute Gasteiger partial charge is 0.381 e. The molecule has 0 aliphatic carbocycles. The minimum Gasteiger partial charge on any atom is -0.381 e. The summed E-state index contributed by atoms with van der Waals surface area (Å²) < 4.78 is 18.8. The zero-order valence-electron chi connectivity index (χ0n) is 17.6. The average Bonchev–Trinajstić information content (AvgIpc) is 3.23. The SMILES string of the molecule is Cc1cc(-c2nnn(CC3CCOCC3)n2)cc(C(=O)NCc2ccc(F)c(C)c2)n1. The first kappa shape index (κ1) is 21.0. The van der Waals surface area contributed by atoms with E-state index < -0.39 is 0 Å². The van der Waals surface area contributed by atoms with Gasteiger partial charge in [-0.3, -0.25) is 4.79 Å². The topological polar surface area (TPSA) is 94.8 Å². The van der Waals surface area contributed by atoms with Crippen molar-refractivity contribution in [3.63, 3.8) is 0 Å². The van der Waals surface area contributed by atoms with Crippen LogP contribution in [0.1, 0.15) is 40.2 Å². The van der Waals surface area contributed by atoms with E-state index in [1.807, 2.05) is 13.0 Å². The molecule has 0 unspecified atom stereocenters. The van der Waals surface area contributed by atoms with Crippen molar-refractivity contribution in [2.24, 2.45) is 5.92 Å². The van der Waals surface area contributed by atoms with Gasteiger partial charge in [0.2, 0.25) is 5.82 Å². The van der Waals surface area contributed by atoms with E-state index in [0.717, 1.165) is 31.6 Å². The quantitative estimate of drug-likeness (QED) is 0.654. The standard InChI is InChI=1S/C22H25FN6O2/c1-14-9-17(3-4-19(14)23)12-24-22(30)20-11-18(10-15(2)25-20)21-26-28-29(27-21)13-16-5-7-31-8-6-16/h3-4,9-11,16H,5-8,12-13H2,1-2H3,(H,24,30). The second kappa shape index (κ2) is 9.30. The predicted molar refractivity (Wildman–Crippen MR) is 112 cm³/mol. The Morgan fingerprint density at radius 1 is 1.23 bits per heavy atom. The molecule has 4 rings (SSSR count). The van der Waals surface area contributed by atoms with Gasteiger partial charge < -0.3 is 10.1 Å². The minimum absolute atomic E-state index is 0.266. The van der Waals surface area contributed by atoms with Crippen molar-refractivity contribution in [1.29, 1.82) is 0 Å². The molecule has 1 saturated heterocycles. The summed E-state index contributed by atoms with van der Waals surface area (Å²) in [4.78, 5) is 18.6. The van der Waals surface area contributed by atoms with Crippen molar-refractivity contribution in [2.45, 2.75) is 39.8 Å². The van der Waals surface area contributed by atoms with E-state index in [2.05, 4.69) is 25.7 Å². The van der Waals surface area contributed by atoms with Crippen LogP contribution in [0.25, 0.3) is 11.4 Å². The molecule has 0 radical (unpaired) electrons. The van der Waals surface area contributed by atoms with Gasteiger partial charge in [-0.05, 0) is 67.1 Å². The fraction of sp³-hybridized carbons (Fsp3) is 0.409. The smallest absolute Gasteiger partial charge is 0.270 e. The lowest BCUT2D eigenvalue weighted by Crippen LogP contribution is -2.24. The number of rotatable bonds is 6. The number of hydrogen-bond acceptors (Lipinski definition) is 6. The number of ether oxygens (including phenoxy) is 1. The highest BCUT2D eigenvalue weighted by Gasteiger charge is 2.17. The summed E-state index contributed by atoms with van der Waals surface area (Å²) in [6, 6.07) is 8.25. The van der Waals surface area contributed by atoms with Crippen LogP contribution in [0.4, 0.5) is 4.39 Å². The van der Waals surface area contributed by atoms with Gasteiger partial charge in [0.15, 0.2) is 0 Å². The maximum atomic E-state index is 13.4. The molecular weight excluding hydrogens is 399 g/mol. The molecule has 3 heterocycles. The van der Waals surface area contributed by atoms with Crippen molar-refractivity contribution in [1.82, 2.24) is 30.5 Å². The number of halogens is 1. The maximum absolute atomic E-state index is 13.4. The van der Waals surface area contributed by atoms with Crippen LogP contribution in [-0.4, -0.2) is 44.3 Å². The summed E-state index contributed by atoms with van der Waals surface area (Å²) in [5, 5.41) is 15.6. The third-order valence-corrected chi connectivity index (χ3v) is 5.33. The first-order valence-electron chi connectivity index (χ1n) is 10.4. The van der Waals surface area contributed by atoms with Crippen molar-refractivity contribution >= 4 is 5.91 Å². The van der Waals surface area contributed by atoms with Gasteiger partial charge in [-0.15, -0.1) is 10.2 Å². The second-order valence-corrected chi connectivity index (χ2v) is 7.87. The molecule has 0 spiro atoms. The third kappa shape index (κ3) is 5.29. The van der Waals surface area contributed by atoms with Crippen molar-refractivity contribution in [3.8, 4) is 11.4 Å². The molecule has 0 bridgehead atoms. The van der Waals surface area contributed by atoms with Gasteiger partial charge in [0.1, 0.15) is 11.5 Å². The van der Waals surface area contributed by atoms with E-state index in [4.69, 9.17) is 4.74 Å². The molecule has 3 aromatic rings. The molecule has 31 heavy (non-hydrogen) atoms. The van der Waals surface area contributed by atoms with Gasteiger partial charge in [0.25, 0.3) is 5.91 Å². The molecule has 0 saturated carbocycles. The number of benzene rings is 1. The van der Waals surface area contributed by atoms with E-state index >= 15 is 0 Å². The zero-order valence-corrected chi connectivity index (χ0v) is 17.6. The van der Waals surface area contributed by atoms with Gasteiger partial charge in [0, 0.05) is 31.0 Å². The van der Waals surface area contributed by atoms with Crippen LogP contribution in [-0.2, 0) is 17.8 Å². The van der Waals surface area contributed by atoms with Crippen LogP contribution in [0, 0.1) is 25.6 Å². The summed E-state index contributed by atoms with van der Waals surface area (Å²) in [5.41, 5.74) is 3.00. The van der Waals surface area contributed by atoms with Gasteiger partial charge in [-0.25, -0.2) is 9.37 Å². The Hall–Kier alpha value is -3.20. The highest BCUT2D eigenvalue weighted by atomic mass is 19.1. The number of hydrogen-bond donors (Lipinski definition) is 1. The van der Waals surface area contributed by atoms with E-state index in [9.17, 15) is 9.18 Å². The molecule has 1 aromatic carbocycles. The Labute approximate surface area is 179 Å². The molecule has 9 heteroatoms. The Morgan fingerprint density at radius 2 is 2.03 bits per heavy atom. The molecule has 1 N–H and O–H groups in total. The van der Waals surface area contributed by atoms with Crippen LogP contribution >= 0.6 is 0 Å². The molecule has 162 valence electrons. The monoisotopic (exact) mass is 424 g/mol. The maximum Gasteiger partial charge on any atom is 0.270 e. The van der Waals surface area contributed by atoms with E-state index in [1.165, 1.54) is 6.07 Å². The summed E-state index contributed by atoms with van der Waals surface area (Å²) in [6.07, 6.45) is 1.98. The zero-order chi connectivity index (χ0) is 21.8. The number of tetrazole rings is 1. The number of amides is 1. The Balaban J connectivity index is 1.45. The van der Waals surface area contributed by atoms with Crippen molar-refractivity contribution in [3.05, 3.63) is 58.7 Å². The first-order chi connectivity index (χ1) is 15.0. The summed E-state index contributed by atoms with van der Waals surface area (Å²) >= 11 is 0. The Kier molecular flexibility index (Phi) is 6.31. The second-order valence-electron chi connectivity index (χ2n) is 7.87.